The number of aryl methyl sites for hydroxylation is 2. The van der Waals surface area contributed by atoms with Crippen molar-refractivity contribution in [3.05, 3.63) is 95.0 Å². The highest BCUT2D eigenvalue weighted by Gasteiger charge is 2.30. The molecule has 0 amide bonds. The molecule has 190 valence electrons. The number of ether oxygens (including phenoxy) is 1. The lowest BCUT2D eigenvalue weighted by atomic mass is 10.0. The SMILES string of the molecule is N#CCn1nncc1CCCCc1ccc(Cc2coc(C=Cc3ccc(OC(F)(F)F)cc3)n2)cc1. The van der Waals surface area contributed by atoms with Gasteiger partial charge in [-0.3, -0.25) is 0 Å². The van der Waals surface area contributed by atoms with Gasteiger partial charge in [-0.1, -0.05) is 41.6 Å². The van der Waals surface area contributed by atoms with Crippen molar-refractivity contribution in [1.29, 1.82) is 5.26 Å². The summed E-state index contributed by atoms with van der Waals surface area (Å²) in [4.78, 5) is 4.46. The molecule has 2 aromatic heterocycles. The number of nitriles is 1. The van der Waals surface area contributed by atoms with E-state index in [2.05, 4.69) is 50.4 Å². The fourth-order valence-corrected chi connectivity index (χ4v) is 3.77. The zero-order valence-electron chi connectivity index (χ0n) is 19.9. The zero-order valence-corrected chi connectivity index (χ0v) is 19.9. The van der Waals surface area contributed by atoms with E-state index in [4.69, 9.17) is 9.68 Å². The standard InChI is InChI=1S/C27H24F3N5O2/c28-27(29,30)37-25-12-9-21(10-13-25)11-14-26-33-23(19-36-26)17-22-7-5-20(6-8-22)3-1-2-4-24-18-32-34-35(24)16-15-31/h5-14,18-19H,1-4,16-17H2. The van der Waals surface area contributed by atoms with Crippen molar-refractivity contribution < 1.29 is 22.3 Å². The van der Waals surface area contributed by atoms with Crippen molar-refractivity contribution in [2.45, 2.75) is 45.0 Å². The van der Waals surface area contributed by atoms with Crippen LogP contribution in [0.3, 0.4) is 0 Å². The number of aromatic nitrogens is 4. The Kier molecular flexibility index (Phi) is 8.36. The normalized spacial score (nSPS) is 11.6. The second-order valence-corrected chi connectivity index (χ2v) is 8.37. The summed E-state index contributed by atoms with van der Waals surface area (Å²) in [6.07, 6.45) is 6.40. The molecule has 0 saturated heterocycles. The van der Waals surface area contributed by atoms with Crippen LogP contribution in [0, 0.1) is 11.3 Å². The number of alkyl halides is 3. The maximum Gasteiger partial charge on any atom is 0.573 e. The molecule has 0 aliphatic carbocycles. The molecule has 0 unspecified atom stereocenters. The number of rotatable bonds is 11. The fraction of sp³-hybridized carbons (Fsp3) is 0.259. The van der Waals surface area contributed by atoms with Crippen LogP contribution in [-0.2, 0) is 25.8 Å². The Bertz CT molecular complexity index is 1350. The Morgan fingerprint density at radius 3 is 2.43 bits per heavy atom. The smallest absolute Gasteiger partial charge is 0.445 e. The first-order valence-corrected chi connectivity index (χ1v) is 11.7. The summed E-state index contributed by atoms with van der Waals surface area (Å²) in [5, 5.41) is 16.6. The zero-order chi connectivity index (χ0) is 26.1. The van der Waals surface area contributed by atoms with Crippen LogP contribution in [0.4, 0.5) is 13.2 Å². The van der Waals surface area contributed by atoms with E-state index in [0.717, 1.165) is 42.6 Å². The summed E-state index contributed by atoms with van der Waals surface area (Å²) >= 11 is 0. The van der Waals surface area contributed by atoms with Gasteiger partial charge in [0.2, 0.25) is 5.89 Å². The predicted molar refractivity (Wildman–Crippen MR) is 130 cm³/mol. The number of benzene rings is 2. The molecule has 0 atom stereocenters. The summed E-state index contributed by atoms with van der Waals surface area (Å²) in [6.45, 7) is 0.220. The van der Waals surface area contributed by atoms with Gasteiger partial charge in [0.25, 0.3) is 0 Å². The van der Waals surface area contributed by atoms with E-state index in [-0.39, 0.29) is 12.3 Å². The predicted octanol–water partition coefficient (Wildman–Crippen LogP) is 6.01. The molecular formula is C27H24F3N5O2. The lowest BCUT2D eigenvalue weighted by Gasteiger charge is -2.08. The average molecular weight is 508 g/mol. The maximum absolute atomic E-state index is 12.3. The quantitative estimate of drug-likeness (QED) is 0.231. The Morgan fingerprint density at radius 1 is 0.973 bits per heavy atom. The van der Waals surface area contributed by atoms with Crippen molar-refractivity contribution in [3.63, 3.8) is 0 Å². The summed E-state index contributed by atoms with van der Waals surface area (Å²) in [6, 6.07) is 16.0. The van der Waals surface area contributed by atoms with Crippen LogP contribution in [0.5, 0.6) is 5.75 Å². The molecule has 37 heavy (non-hydrogen) atoms. The van der Waals surface area contributed by atoms with Crippen LogP contribution in [0.25, 0.3) is 12.2 Å². The molecule has 4 rings (SSSR count). The third-order valence-electron chi connectivity index (χ3n) is 5.58. The average Bonchev–Trinajstić information content (AvgIpc) is 3.51. The Hall–Kier alpha value is -4.39. The third-order valence-corrected chi connectivity index (χ3v) is 5.58. The lowest BCUT2D eigenvalue weighted by molar-refractivity contribution is -0.274. The van der Waals surface area contributed by atoms with Gasteiger partial charge in [-0.25, -0.2) is 9.67 Å². The van der Waals surface area contributed by atoms with E-state index in [9.17, 15) is 13.2 Å². The van der Waals surface area contributed by atoms with Crippen molar-refractivity contribution in [2.75, 3.05) is 0 Å². The minimum absolute atomic E-state index is 0.220. The van der Waals surface area contributed by atoms with Crippen LogP contribution in [0.1, 0.15) is 46.8 Å². The second kappa shape index (κ2) is 12.0. The number of hydrogen-bond donors (Lipinski definition) is 0. The number of hydrogen-bond acceptors (Lipinski definition) is 6. The minimum Gasteiger partial charge on any atom is -0.445 e. The van der Waals surface area contributed by atoms with Crippen molar-refractivity contribution in [1.82, 2.24) is 20.0 Å². The van der Waals surface area contributed by atoms with Gasteiger partial charge in [-0.2, -0.15) is 5.26 Å². The van der Waals surface area contributed by atoms with Crippen LogP contribution in [0.15, 0.2) is 65.4 Å². The van der Waals surface area contributed by atoms with Crippen molar-refractivity contribution >= 4 is 12.2 Å². The maximum atomic E-state index is 12.3. The molecule has 0 aliphatic rings. The molecule has 0 radical (unpaired) electrons. The van der Waals surface area contributed by atoms with Crippen LogP contribution < -0.4 is 4.74 Å². The van der Waals surface area contributed by atoms with Crippen LogP contribution in [0.2, 0.25) is 0 Å². The number of oxazole rings is 1. The summed E-state index contributed by atoms with van der Waals surface area (Å²) in [7, 11) is 0. The molecule has 4 aromatic rings. The molecule has 0 bridgehead atoms. The first-order chi connectivity index (χ1) is 17.9. The summed E-state index contributed by atoms with van der Waals surface area (Å²) in [5.74, 6) is 0.139. The van der Waals surface area contributed by atoms with Crippen LogP contribution in [-0.4, -0.2) is 26.3 Å². The second-order valence-electron chi connectivity index (χ2n) is 8.37. The first kappa shape index (κ1) is 25.7. The first-order valence-electron chi connectivity index (χ1n) is 11.7. The third kappa shape index (κ3) is 8.07. The molecule has 10 heteroatoms. The monoisotopic (exact) mass is 507 g/mol. The summed E-state index contributed by atoms with van der Waals surface area (Å²) in [5.41, 5.74) is 4.81. The van der Waals surface area contributed by atoms with Gasteiger partial charge in [0, 0.05) is 12.5 Å². The Morgan fingerprint density at radius 2 is 1.70 bits per heavy atom. The largest absolute Gasteiger partial charge is 0.573 e. The number of nitrogens with zero attached hydrogens (tertiary/aromatic N) is 5. The van der Waals surface area contributed by atoms with Gasteiger partial charge >= 0.3 is 6.36 Å². The molecule has 0 N–H and O–H groups in total. The molecule has 0 spiro atoms. The van der Waals surface area contributed by atoms with Crippen molar-refractivity contribution in [3.8, 4) is 11.8 Å². The van der Waals surface area contributed by atoms with Gasteiger partial charge in [0.05, 0.1) is 23.7 Å². The molecule has 0 fully saturated rings. The number of unbranched alkanes of at least 4 members (excludes halogenated alkanes) is 1. The molecule has 7 nitrogen and oxygen atoms in total. The van der Waals surface area contributed by atoms with E-state index in [0.29, 0.717) is 17.9 Å². The van der Waals surface area contributed by atoms with E-state index >= 15 is 0 Å². The highest BCUT2D eigenvalue weighted by atomic mass is 19.4. The fourth-order valence-electron chi connectivity index (χ4n) is 3.77. The highest BCUT2D eigenvalue weighted by molar-refractivity contribution is 5.66. The molecule has 2 heterocycles. The highest BCUT2D eigenvalue weighted by Crippen LogP contribution is 2.23. The minimum atomic E-state index is -4.71. The Labute approximate surface area is 211 Å². The van der Waals surface area contributed by atoms with Crippen molar-refractivity contribution in [2.24, 2.45) is 0 Å². The van der Waals surface area contributed by atoms with Gasteiger partial charge in [0.15, 0.2) is 0 Å². The lowest BCUT2D eigenvalue weighted by Crippen LogP contribution is -2.16. The van der Waals surface area contributed by atoms with Gasteiger partial charge in [-0.05, 0) is 60.6 Å². The Balaban J connectivity index is 1.23. The van der Waals surface area contributed by atoms with E-state index in [1.54, 1.807) is 29.3 Å². The van der Waals surface area contributed by atoms with Gasteiger partial charge in [-0.15, -0.1) is 18.3 Å². The van der Waals surface area contributed by atoms with E-state index < -0.39 is 6.36 Å². The van der Waals surface area contributed by atoms with Crippen LogP contribution >= 0.6 is 0 Å². The van der Waals surface area contributed by atoms with Gasteiger partial charge in [0.1, 0.15) is 18.6 Å². The topological polar surface area (TPSA) is 89.8 Å². The van der Waals surface area contributed by atoms with Gasteiger partial charge < -0.3 is 9.15 Å². The molecular weight excluding hydrogens is 483 g/mol. The number of halogens is 3. The molecule has 0 aliphatic heterocycles. The van der Waals surface area contributed by atoms with E-state index in [1.807, 2.05) is 0 Å². The summed E-state index contributed by atoms with van der Waals surface area (Å²) < 4.78 is 47.8. The molecule has 0 saturated carbocycles. The van der Waals surface area contributed by atoms with E-state index in [1.165, 1.54) is 29.8 Å². The molecule has 2 aromatic carbocycles.